The third-order valence-corrected chi connectivity index (χ3v) is 7.54. The molecule has 2 atom stereocenters. The van der Waals surface area contributed by atoms with E-state index < -0.39 is 45.6 Å². The summed E-state index contributed by atoms with van der Waals surface area (Å²) in [5.41, 5.74) is 0.495. The van der Waals surface area contributed by atoms with Gasteiger partial charge in [-0.25, -0.2) is 22.0 Å². The third-order valence-electron chi connectivity index (χ3n) is 4.51. The van der Waals surface area contributed by atoms with Gasteiger partial charge in [0, 0.05) is 12.2 Å². The van der Waals surface area contributed by atoms with Crippen molar-refractivity contribution in [3.8, 4) is 0 Å². The molecule has 30 heavy (non-hydrogen) atoms. The number of nitrogens with one attached hydrogen (secondary N) is 1. The first-order valence-corrected chi connectivity index (χ1v) is 11.4. The average Bonchev–Trinajstić information content (AvgIpc) is 3.20. The van der Waals surface area contributed by atoms with Crippen LogP contribution in [-0.2, 0) is 26.0 Å². The summed E-state index contributed by atoms with van der Waals surface area (Å²) in [6.45, 7) is 0. The van der Waals surface area contributed by atoms with Crippen molar-refractivity contribution in [3.05, 3.63) is 65.7 Å². The molecule has 0 spiro atoms. The number of sulfonamides is 1. The van der Waals surface area contributed by atoms with Gasteiger partial charge in [0.15, 0.2) is 0 Å². The highest BCUT2D eigenvalue weighted by molar-refractivity contribution is 8.00. The minimum Gasteiger partial charge on any atom is -0.480 e. The Hall–Kier alpha value is -2.50. The molecule has 1 fully saturated rings. The number of nitrogens with zero attached hydrogens (tertiary/aromatic N) is 1. The van der Waals surface area contributed by atoms with Gasteiger partial charge in [-0.15, -0.1) is 11.8 Å². The van der Waals surface area contributed by atoms with E-state index in [1.165, 1.54) is 48.2 Å². The first kappa shape index (κ1) is 22.2. The lowest BCUT2D eigenvalue weighted by molar-refractivity contribution is -0.142. The number of rotatable bonds is 7. The summed E-state index contributed by atoms with van der Waals surface area (Å²) in [6, 6.07) is 7.15. The van der Waals surface area contributed by atoms with Gasteiger partial charge in [0.1, 0.15) is 23.7 Å². The summed E-state index contributed by atoms with van der Waals surface area (Å²) in [7, 11) is -4.15. The Bertz CT molecular complexity index is 1050. The van der Waals surface area contributed by atoms with Crippen molar-refractivity contribution < 1.29 is 31.9 Å². The van der Waals surface area contributed by atoms with Gasteiger partial charge in [0.2, 0.25) is 15.9 Å². The van der Waals surface area contributed by atoms with E-state index in [4.69, 9.17) is 0 Å². The van der Waals surface area contributed by atoms with Crippen LogP contribution in [0.3, 0.4) is 0 Å². The fourth-order valence-electron chi connectivity index (χ4n) is 2.96. The standard InChI is InChI=1S/C19H18F2N2O5S2/c20-13-6-4-12(5-7-13)8-16(19(25)26)22-18(24)17-10-29-11-23(17)30(27,28)15-3-1-2-14(21)9-15/h1-7,9,16-17H,8,10-11H2,(H,22,24)(H,25,26)/t16-,17-/m0/s1. The van der Waals surface area contributed by atoms with E-state index in [2.05, 4.69) is 5.32 Å². The van der Waals surface area contributed by atoms with E-state index in [1.807, 2.05) is 0 Å². The summed E-state index contributed by atoms with van der Waals surface area (Å²) in [5.74, 6) is -3.17. The zero-order chi connectivity index (χ0) is 21.9. The van der Waals surface area contributed by atoms with Gasteiger partial charge in [-0.05, 0) is 35.9 Å². The van der Waals surface area contributed by atoms with Crippen LogP contribution in [0.25, 0.3) is 0 Å². The number of carbonyl (C=O) groups excluding carboxylic acids is 1. The van der Waals surface area contributed by atoms with Crippen LogP contribution in [0.1, 0.15) is 5.56 Å². The van der Waals surface area contributed by atoms with Gasteiger partial charge in [-0.2, -0.15) is 4.31 Å². The van der Waals surface area contributed by atoms with E-state index >= 15 is 0 Å². The molecule has 2 aromatic carbocycles. The lowest BCUT2D eigenvalue weighted by atomic mass is 10.1. The van der Waals surface area contributed by atoms with Crippen molar-refractivity contribution >= 4 is 33.7 Å². The number of amides is 1. The largest absolute Gasteiger partial charge is 0.480 e. The molecule has 0 radical (unpaired) electrons. The van der Waals surface area contributed by atoms with Crippen molar-refractivity contribution in [2.75, 3.05) is 11.6 Å². The summed E-state index contributed by atoms with van der Waals surface area (Å²) in [5, 5.41) is 11.8. The lowest BCUT2D eigenvalue weighted by Gasteiger charge is -2.24. The Morgan fingerprint density at radius 1 is 1.17 bits per heavy atom. The van der Waals surface area contributed by atoms with E-state index in [1.54, 1.807) is 0 Å². The number of aliphatic carboxylic acids is 1. The van der Waals surface area contributed by atoms with Gasteiger partial charge in [0.25, 0.3) is 0 Å². The zero-order valence-electron chi connectivity index (χ0n) is 15.5. The van der Waals surface area contributed by atoms with Crippen LogP contribution in [0.5, 0.6) is 0 Å². The Labute approximate surface area is 176 Å². The minimum atomic E-state index is -4.15. The number of thioether (sulfide) groups is 1. The molecule has 1 aliphatic heterocycles. The molecule has 1 amide bonds. The highest BCUT2D eigenvalue weighted by Crippen LogP contribution is 2.28. The molecular weight excluding hydrogens is 438 g/mol. The number of halogens is 2. The van der Waals surface area contributed by atoms with Gasteiger partial charge in [-0.3, -0.25) is 4.79 Å². The van der Waals surface area contributed by atoms with Crippen molar-refractivity contribution in [2.24, 2.45) is 0 Å². The van der Waals surface area contributed by atoms with Crippen LogP contribution >= 0.6 is 11.8 Å². The summed E-state index contributed by atoms with van der Waals surface area (Å²) >= 11 is 1.19. The number of hydrogen-bond donors (Lipinski definition) is 2. The average molecular weight is 456 g/mol. The molecule has 2 N–H and O–H groups in total. The number of hydrogen-bond acceptors (Lipinski definition) is 5. The van der Waals surface area contributed by atoms with Crippen LogP contribution in [0, 0.1) is 11.6 Å². The molecular formula is C19H18F2N2O5S2. The maximum absolute atomic E-state index is 13.5. The molecule has 3 rings (SSSR count). The highest BCUT2D eigenvalue weighted by Gasteiger charge is 2.41. The Morgan fingerprint density at radius 3 is 2.50 bits per heavy atom. The monoisotopic (exact) mass is 456 g/mol. The van der Waals surface area contributed by atoms with Crippen LogP contribution in [0.2, 0.25) is 0 Å². The van der Waals surface area contributed by atoms with Crippen molar-refractivity contribution in [1.82, 2.24) is 9.62 Å². The summed E-state index contributed by atoms with van der Waals surface area (Å²) in [6.07, 6.45) is -0.0993. The summed E-state index contributed by atoms with van der Waals surface area (Å²) < 4.78 is 53.2. The molecule has 0 saturated carbocycles. The number of carbonyl (C=O) groups is 2. The third kappa shape index (κ3) is 4.97. The highest BCUT2D eigenvalue weighted by atomic mass is 32.2. The van der Waals surface area contributed by atoms with Gasteiger partial charge < -0.3 is 10.4 Å². The van der Waals surface area contributed by atoms with Crippen LogP contribution in [-0.4, -0.2) is 53.4 Å². The van der Waals surface area contributed by atoms with E-state index in [0.29, 0.717) is 5.56 Å². The van der Waals surface area contributed by atoms with E-state index in [9.17, 15) is 31.9 Å². The van der Waals surface area contributed by atoms with E-state index in [-0.39, 0.29) is 22.9 Å². The second-order valence-electron chi connectivity index (χ2n) is 6.60. The first-order chi connectivity index (χ1) is 14.2. The second-order valence-corrected chi connectivity index (χ2v) is 9.49. The molecule has 160 valence electrons. The Balaban J connectivity index is 1.77. The van der Waals surface area contributed by atoms with Crippen molar-refractivity contribution in [1.29, 1.82) is 0 Å². The first-order valence-electron chi connectivity index (χ1n) is 8.81. The molecule has 0 unspecified atom stereocenters. The van der Waals surface area contributed by atoms with Gasteiger partial charge >= 0.3 is 5.97 Å². The number of carboxylic acid groups (broad SMARTS) is 1. The van der Waals surface area contributed by atoms with Crippen molar-refractivity contribution in [2.45, 2.75) is 23.4 Å². The fourth-order valence-corrected chi connectivity index (χ4v) is 6.14. The smallest absolute Gasteiger partial charge is 0.326 e. The van der Waals surface area contributed by atoms with Crippen molar-refractivity contribution in [3.63, 3.8) is 0 Å². The second kappa shape index (κ2) is 9.11. The normalized spacial score (nSPS) is 18.1. The molecule has 2 aromatic rings. The predicted molar refractivity (Wildman–Crippen MR) is 106 cm³/mol. The Morgan fingerprint density at radius 2 is 1.87 bits per heavy atom. The van der Waals surface area contributed by atoms with Gasteiger partial charge in [0.05, 0.1) is 10.8 Å². The molecule has 1 heterocycles. The molecule has 0 bridgehead atoms. The van der Waals surface area contributed by atoms with E-state index in [0.717, 1.165) is 16.4 Å². The molecule has 0 aliphatic carbocycles. The Kier molecular flexibility index (Phi) is 6.74. The molecule has 11 heteroatoms. The minimum absolute atomic E-state index is 0.0212. The quantitative estimate of drug-likeness (QED) is 0.659. The lowest BCUT2D eigenvalue weighted by Crippen LogP contribution is -2.52. The molecule has 1 aliphatic rings. The maximum Gasteiger partial charge on any atom is 0.326 e. The number of carboxylic acids is 1. The molecule has 7 nitrogen and oxygen atoms in total. The summed E-state index contributed by atoms with van der Waals surface area (Å²) in [4.78, 5) is 24.0. The van der Waals surface area contributed by atoms with Crippen LogP contribution in [0.4, 0.5) is 8.78 Å². The topological polar surface area (TPSA) is 104 Å². The number of benzene rings is 2. The SMILES string of the molecule is O=C(O)[C@H](Cc1ccc(F)cc1)NC(=O)[C@@H]1CSCN1S(=O)(=O)c1cccc(F)c1. The van der Waals surface area contributed by atoms with Crippen LogP contribution in [0.15, 0.2) is 53.4 Å². The predicted octanol–water partition coefficient (Wildman–Crippen LogP) is 1.84. The molecule has 0 aromatic heterocycles. The van der Waals surface area contributed by atoms with Gasteiger partial charge in [-0.1, -0.05) is 18.2 Å². The zero-order valence-corrected chi connectivity index (χ0v) is 17.1. The fraction of sp³-hybridized carbons (Fsp3) is 0.263. The maximum atomic E-state index is 13.5. The molecule has 1 saturated heterocycles. The van der Waals surface area contributed by atoms with Crippen LogP contribution < -0.4 is 5.32 Å².